The number of urea groups is 1. The van der Waals surface area contributed by atoms with Gasteiger partial charge in [0.25, 0.3) is 15.9 Å². The van der Waals surface area contributed by atoms with Crippen LogP contribution in [0.4, 0.5) is 10.5 Å². The van der Waals surface area contributed by atoms with E-state index >= 15 is 0 Å². The zero-order valence-electron chi connectivity index (χ0n) is 17.3. The summed E-state index contributed by atoms with van der Waals surface area (Å²) >= 11 is 6.21. The van der Waals surface area contributed by atoms with Gasteiger partial charge in [0.15, 0.2) is 5.03 Å². The number of carbonyl (C=O) groups is 2. The van der Waals surface area contributed by atoms with E-state index in [0.717, 1.165) is 23.5 Å². The van der Waals surface area contributed by atoms with Crippen LogP contribution in [0.5, 0.6) is 0 Å². The standard InChI is InChI=1S/C19H24ClN5O4S/c1-10(2)13-6-12(20)7-14(11(3)4)17(13)24-19(27)25-30(28,29)16-8-15(18(26)21-5)22-9-23-16/h6-11H,1-5H3,(H,21,26)(H2,24,25,27). The van der Waals surface area contributed by atoms with E-state index in [4.69, 9.17) is 11.6 Å². The first-order valence-electron chi connectivity index (χ1n) is 9.17. The molecule has 0 radical (unpaired) electrons. The third-order valence-electron chi connectivity index (χ3n) is 4.25. The number of nitrogens with one attached hydrogen (secondary N) is 3. The Bertz CT molecular complexity index is 1040. The van der Waals surface area contributed by atoms with Crippen molar-refractivity contribution in [3.05, 3.63) is 46.4 Å². The zero-order chi connectivity index (χ0) is 22.6. The third kappa shape index (κ3) is 5.45. The van der Waals surface area contributed by atoms with Gasteiger partial charge in [0, 0.05) is 23.8 Å². The zero-order valence-corrected chi connectivity index (χ0v) is 18.9. The van der Waals surface area contributed by atoms with Gasteiger partial charge in [-0.15, -0.1) is 0 Å². The molecule has 30 heavy (non-hydrogen) atoms. The first-order valence-corrected chi connectivity index (χ1v) is 11.0. The van der Waals surface area contributed by atoms with Crippen molar-refractivity contribution >= 4 is 39.2 Å². The highest BCUT2D eigenvalue weighted by molar-refractivity contribution is 7.90. The van der Waals surface area contributed by atoms with Gasteiger partial charge in [-0.2, -0.15) is 8.42 Å². The predicted octanol–water partition coefficient (Wildman–Crippen LogP) is 3.25. The van der Waals surface area contributed by atoms with Crippen LogP contribution in [0.3, 0.4) is 0 Å². The van der Waals surface area contributed by atoms with Crippen molar-refractivity contribution in [2.24, 2.45) is 0 Å². The molecule has 0 bridgehead atoms. The highest BCUT2D eigenvalue weighted by atomic mass is 35.5. The molecule has 162 valence electrons. The smallest absolute Gasteiger partial charge is 0.333 e. The lowest BCUT2D eigenvalue weighted by molar-refractivity contribution is 0.0957. The number of amides is 3. The van der Waals surface area contributed by atoms with E-state index in [-0.39, 0.29) is 17.5 Å². The van der Waals surface area contributed by atoms with Crippen molar-refractivity contribution < 1.29 is 18.0 Å². The lowest BCUT2D eigenvalue weighted by Crippen LogP contribution is -2.35. The van der Waals surface area contributed by atoms with Gasteiger partial charge < -0.3 is 10.6 Å². The Labute approximate surface area is 180 Å². The molecule has 1 aromatic heterocycles. The number of hydrogen-bond acceptors (Lipinski definition) is 6. The van der Waals surface area contributed by atoms with E-state index in [9.17, 15) is 18.0 Å². The molecule has 0 atom stereocenters. The topological polar surface area (TPSA) is 130 Å². The van der Waals surface area contributed by atoms with Gasteiger partial charge in [-0.05, 0) is 35.1 Å². The number of hydrogen-bond donors (Lipinski definition) is 3. The summed E-state index contributed by atoms with van der Waals surface area (Å²) in [5, 5.41) is 5.00. The highest BCUT2D eigenvalue weighted by Gasteiger charge is 2.23. The number of nitrogens with zero attached hydrogens (tertiary/aromatic N) is 2. The Balaban J connectivity index is 2.35. The first-order chi connectivity index (χ1) is 14.0. The number of sulfonamides is 1. The maximum Gasteiger partial charge on any atom is 0.333 e. The Morgan fingerprint density at radius 1 is 1.00 bits per heavy atom. The lowest BCUT2D eigenvalue weighted by Gasteiger charge is -2.21. The maximum atomic E-state index is 12.6. The molecule has 1 heterocycles. The van der Waals surface area contributed by atoms with Crippen molar-refractivity contribution in [2.75, 3.05) is 12.4 Å². The van der Waals surface area contributed by atoms with Gasteiger partial charge in [0.05, 0.1) is 0 Å². The second-order valence-electron chi connectivity index (χ2n) is 7.15. The van der Waals surface area contributed by atoms with Gasteiger partial charge in [0.2, 0.25) is 0 Å². The number of aromatic nitrogens is 2. The molecule has 0 aliphatic carbocycles. The quantitative estimate of drug-likeness (QED) is 0.575. The monoisotopic (exact) mass is 453 g/mol. The van der Waals surface area contributed by atoms with Gasteiger partial charge in [-0.25, -0.2) is 19.5 Å². The van der Waals surface area contributed by atoms with Crippen molar-refractivity contribution in [2.45, 2.75) is 44.6 Å². The molecular weight excluding hydrogens is 430 g/mol. The van der Waals surface area contributed by atoms with Gasteiger partial charge in [-0.1, -0.05) is 39.3 Å². The summed E-state index contributed by atoms with van der Waals surface area (Å²) in [4.78, 5) is 31.6. The Hall–Kier alpha value is -2.72. The van der Waals surface area contributed by atoms with E-state index in [1.807, 2.05) is 32.4 Å². The lowest BCUT2D eigenvalue weighted by atomic mass is 9.92. The third-order valence-corrected chi connectivity index (χ3v) is 5.70. The number of rotatable bonds is 6. The molecule has 2 aromatic rings. The predicted molar refractivity (Wildman–Crippen MR) is 114 cm³/mol. The molecule has 0 aliphatic heterocycles. The molecule has 3 amide bonds. The summed E-state index contributed by atoms with van der Waals surface area (Å²) in [7, 11) is -2.95. The van der Waals surface area contributed by atoms with Crippen LogP contribution in [0.15, 0.2) is 29.6 Å². The molecule has 0 aliphatic rings. The van der Waals surface area contributed by atoms with E-state index in [1.165, 1.54) is 7.05 Å². The van der Waals surface area contributed by atoms with Crippen LogP contribution in [-0.2, 0) is 10.0 Å². The van der Waals surface area contributed by atoms with Crippen molar-refractivity contribution in [1.29, 1.82) is 0 Å². The molecule has 0 unspecified atom stereocenters. The van der Waals surface area contributed by atoms with Gasteiger partial charge in [0.1, 0.15) is 12.0 Å². The second-order valence-corrected chi connectivity index (χ2v) is 9.21. The van der Waals surface area contributed by atoms with E-state index in [0.29, 0.717) is 10.7 Å². The van der Waals surface area contributed by atoms with Gasteiger partial charge in [-0.3, -0.25) is 4.79 Å². The average Bonchev–Trinajstić information content (AvgIpc) is 2.67. The number of carbonyl (C=O) groups excluding carboxylic acids is 2. The largest absolute Gasteiger partial charge is 0.354 e. The highest BCUT2D eigenvalue weighted by Crippen LogP contribution is 2.35. The van der Waals surface area contributed by atoms with Crippen LogP contribution in [-0.4, -0.2) is 37.4 Å². The van der Waals surface area contributed by atoms with E-state index in [1.54, 1.807) is 12.1 Å². The summed E-state index contributed by atoms with van der Waals surface area (Å²) in [6, 6.07) is 3.50. The molecule has 0 spiro atoms. The molecule has 2 rings (SSSR count). The SMILES string of the molecule is CNC(=O)c1cc(S(=O)(=O)NC(=O)Nc2c(C(C)C)cc(Cl)cc2C(C)C)ncn1. The molecule has 0 saturated carbocycles. The van der Waals surface area contributed by atoms with Crippen LogP contribution >= 0.6 is 11.6 Å². The minimum Gasteiger partial charge on any atom is -0.354 e. The van der Waals surface area contributed by atoms with E-state index < -0.39 is 27.0 Å². The molecule has 9 nitrogen and oxygen atoms in total. The van der Waals surface area contributed by atoms with E-state index in [2.05, 4.69) is 20.6 Å². The summed E-state index contributed by atoms with van der Waals surface area (Å²) in [5.74, 6) is -0.516. The van der Waals surface area contributed by atoms with Crippen LogP contribution in [0.25, 0.3) is 0 Å². The minimum absolute atomic E-state index is 0.0325. The second kappa shape index (κ2) is 9.40. The molecular formula is C19H24ClN5O4S. The van der Waals surface area contributed by atoms with Crippen LogP contribution in [0, 0.1) is 0 Å². The fourth-order valence-electron chi connectivity index (χ4n) is 2.76. The molecule has 11 heteroatoms. The molecule has 0 fully saturated rings. The number of benzene rings is 1. The molecule has 1 aromatic carbocycles. The van der Waals surface area contributed by atoms with Crippen molar-refractivity contribution in [3.63, 3.8) is 0 Å². The average molecular weight is 454 g/mol. The Kier molecular flexibility index (Phi) is 7.38. The fraction of sp³-hybridized carbons (Fsp3) is 0.368. The first kappa shape index (κ1) is 23.6. The van der Waals surface area contributed by atoms with Crippen LogP contribution < -0.4 is 15.4 Å². The minimum atomic E-state index is -4.34. The Morgan fingerprint density at radius 3 is 2.07 bits per heavy atom. The molecule has 0 saturated heterocycles. The summed E-state index contributed by atoms with van der Waals surface area (Å²) in [6.07, 6.45) is 0.934. The van der Waals surface area contributed by atoms with Crippen LogP contribution in [0.2, 0.25) is 5.02 Å². The summed E-state index contributed by atoms with van der Waals surface area (Å²) in [6.45, 7) is 7.77. The Morgan fingerprint density at radius 2 is 1.57 bits per heavy atom. The summed E-state index contributed by atoms with van der Waals surface area (Å²) in [5.41, 5.74) is 1.92. The van der Waals surface area contributed by atoms with Crippen molar-refractivity contribution in [3.8, 4) is 0 Å². The van der Waals surface area contributed by atoms with Crippen LogP contribution in [0.1, 0.15) is 61.1 Å². The normalized spacial score (nSPS) is 11.5. The fourth-order valence-corrected chi connectivity index (χ4v) is 3.84. The summed E-state index contributed by atoms with van der Waals surface area (Å²) < 4.78 is 27.1. The molecule has 3 N–H and O–H groups in total. The van der Waals surface area contributed by atoms with Gasteiger partial charge >= 0.3 is 6.03 Å². The maximum absolute atomic E-state index is 12.6. The van der Waals surface area contributed by atoms with Crippen molar-refractivity contribution in [1.82, 2.24) is 20.0 Å². The number of anilines is 1. The number of halogens is 1.